The standard InChI is InChI=1S/C28H31ClN4O6/c1-15-20(7-18-13-38-16(2)39-14-18)9-21(10-23(15)29)31-28(37)30-11-17-3-4-19-12-33(27(36)22(19)8-17)24-5-6-25(34)32-26(24)35/h3-4,8-10,16,18,24H,5-7,11-14H2,1-2H3,(H2,30,31,37)(H,32,34,35)/t16-,18-,24?. The number of hydrogen-bond acceptors (Lipinski definition) is 6. The van der Waals surface area contributed by atoms with Crippen LogP contribution in [0.3, 0.4) is 0 Å². The number of carbonyl (C=O) groups excluding carboxylic acids is 4. The van der Waals surface area contributed by atoms with Gasteiger partial charge in [0.15, 0.2) is 6.29 Å². The Hall–Kier alpha value is -3.47. The number of nitrogens with zero attached hydrogens (tertiary/aromatic N) is 1. The number of amides is 5. The lowest BCUT2D eigenvalue weighted by atomic mass is 9.96. The van der Waals surface area contributed by atoms with Gasteiger partial charge in [0.2, 0.25) is 11.8 Å². The van der Waals surface area contributed by atoms with E-state index in [0.29, 0.717) is 48.9 Å². The Balaban J connectivity index is 1.19. The van der Waals surface area contributed by atoms with Crippen LogP contribution >= 0.6 is 11.6 Å². The van der Waals surface area contributed by atoms with Crippen LogP contribution in [0.2, 0.25) is 5.02 Å². The topological polar surface area (TPSA) is 126 Å². The van der Waals surface area contributed by atoms with Crippen molar-refractivity contribution >= 4 is 41.0 Å². The van der Waals surface area contributed by atoms with Crippen LogP contribution in [-0.2, 0) is 38.6 Å². The van der Waals surface area contributed by atoms with Gasteiger partial charge in [-0.3, -0.25) is 19.7 Å². The van der Waals surface area contributed by atoms with Gasteiger partial charge in [-0.1, -0.05) is 23.7 Å². The summed E-state index contributed by atoms with van der Waals surface area (Å²) < 4.78 is 11.2. The number of nitrogens with one attached hydrogen (secondary N) is 3. The molecule has 2 saturated heterocycles. The van der Waals surface area contributed by atoms with Crippen molar-refractivity contribution in [3.8, 4) is 0 Å². The molecule has 2 aromatic rings. The van der Waals surface area contributed by atoms with E-state index < -0.39 is 18.0 Å². The largest absolute Gasteiger partial charge is 0.353 e. The molecule has 0 spiro atoms. The van der Waals surface area contributed by atoms with E-state index >= 15 is 0 Å². The number of rotatable bonds is 6. The molecule has 10 nitrogen and oxygen atoms in total. The molecule has 1 atom stereocenters. The van der Waals surface area contributed by atoms with E-state index in [0.717, 1.165) is 22.3 Å². The fourth-order valence-electron chi connectivity index (χ4n) is 5.16. The number of piperidine rings is 1. The van der Waals surface area contributed by atoms with Gasteiger partial charge in [0.25, 0.3) is 5.91 Å². The number of imide groups is 1. The van der Waals surface area contributed by atoms with E-state index in [2.05, 4.69) is 16.0 Å². The van der Waals surface area contributed by atoms with E-state index in [-0.39, 0.29) is 37.0 Å². The molecule has 3 heterocycles. The molecule has 5 amide bonds. The molecule has 0 radical (unpaired) electrons. The first-order valence-corrected chi connectivity index (χ1v) is 13.4. The Bertz CT molecular complexity index is 1320. The van der Waals surface area contributed by atoms with Crippen molar-refractivity contribution in [1.29, 1.82) is 0 Å². The first kappa shape index (κ1) is 27.1. The van der Waals surface area contributed by atoms with Gasteiger partial charge in [-0.25, -0.2) is 4.79 Å². The van der Waals surface area contributed by atoms with Crippen molar-refractivity contribution in [2.24, 2.45) is 5.92 Å². The maximum Gasteiger partial charge on any atom is 0.319 e. The lowest BCUT2D eigenvalue weighted by Crippen LogP contribution is -2.52. The maximum absolute atomic E-state index is 13.0. The van der Waals surface area contributed by atoms with E-state index in [1.54, 1.807) is 12.1 Å². The summed E-state index contributed by atoms with van der Waals surface area (Å²) >= 11 is 6.46. The van der Waals surface area contributed by atoms with E-state index in [1.165, 1.54) is 4.90 Å². The van der Waals surface area contributed by atoms with Crippen LogP contribution < -0.4 is 16.0 Å². The summed E-state index contributed by atoms with van der Waals surface area (Å²) in [4.78, 5) is 50.9. The highest BCUT2D eigenvalue weighted by atomic mass is 35.5. The molecule has 3 aliphatic heterocycles. The van der Waals surface area contributed by atoms with Gasteiger partial charge >= 0.3 is 6.03 Å². The predicted octanol–water partition coefficient (Wildman–Crippen LogP) is 3.28. The lowest BCUT2D eigenvalue weighted by Gasteiger charge is -2.29. The Labute approximate surface area is 231 Å². The zero-order chi connectivity index (χ0) is 27.7. The van der Waals surface area contributed by atoms with Gasteiger partial charge in [0, 0.05) is 41.7 Å². The van der Waals surface area contributed by atoms with Gasteiger partial charge in [-0.15, -0.1) is 0 Å². The van der Waals surface area contributed by atoms with Crippen LogP contribution in [-0.4, -0.2) is 54.2 Å². The van der Waals surface area contributed by atoms with Gasteiger partial charge in [-0.05, 0) is 67.1 Å². The second-order valence-corrected chi connectivity index (χ2v) is 10.7. The minimum absolute atomic E-state index is 0.198. The predicted molar refractivity (Wildman–Crippen MR) is 143 cm³/mol. The first-order valence-electron chi connectivity index (χ1n) is 13.0. The molecular formula is C28H31ClN4O6. The minimum Gasteiger partial charge on any atom is -0.353 e. The lowest BCUT2D eigenvalue weighted by molar-refractivity contribution is -0.189. The van der Waals surface area contributed by atoms with Crippen LogP contribution in [0.4, 0.5) is 10.5 Å². The molecule has 2 fully saturated rings. The number of anilines is 1. The smallest absolute Gasteiger partial charge is 0.319 e. The Morgan fingerprint density at radius 1 is 1.15 bits per heavy atom. The van der Waals surface area contributed by atoms with Crippen LogP contribution in [0, 0.1) is 12.8 Å². The SMILES string of the molecule is Cc1c(Cl)cc(NC(=O)NCc2ccc3c(c2)C(=O)N(C2CCC(=O)NC2=O)C3)cc1C[C@H]1CO[C@H](C)OC1. The van der Waals surface area contributed by atoms with Crippen molar-refractivity contribution in [3.63, 3.8) is 0 Å². The Morgan fingerprint density at radius 2 is 1.92 bits per heavy atom. The van der Waals surface area contributed by atoms with Gasteiger partial charge < -0.3 is 25.0 Å². The molecule has 3 aliphatic rings. The highest BCUT2D eigenvalue weighted by Crippen LogP contribution is 2.29. The molecule has 39 heavy (non-hydrogen) atoms. The summed E-state index contributed by atoms with van der Waals surface area (Å²) in [6.07, 6.45) is 1.03. The molecule has 206 valence electrons. The zero-order valence-electron chi connectivity index (χ0n) is 21.8. The Morgan fingerprint density at radius 3 is 2.67 bits per heavy atom. The minimum atomic E-state index is -0.664. The number of ether oxygens (including phenoxy) is 2. The molecule has 1 unspecified atom stereocenters. The molecule has 0 saturated carbocycles. The van der Waals surface area contributed by atoms with Crippen molar-refractivity contribution in [2.75, 3.05) is 18.5 Å². The fraction of sp³-hybridized carbons (Fsp3) is 0.429. The van der Waals surface area contributed by atoms with Crippen molar-refractivity contribution in [1.82, 2.24) is 15.5 Å². The zero-order valence-corrected chi connectivity index (χ0v) is 22.6. The van der Waals surface area contributed by atoms with Crippen LogP contribution in [0.15, 0.2) is 30.3 Å². The second-order valence-electron chi connectivity index (χ2n) is 10.2. The van der Waals surface area contributed by atoms with Crippen molar-refractivity contribution < 1.29 is 28.7 Å². The normalized spacial score (nSPS) is 22.9. The molecular weight excluding hydrogens is 524 g/mol. The number of halogens is 1. The third-order valence-corrected chi connectivity index (χ3v) is 7.79. The molecule has 0 aromatic heterocycles. The van der Waals surface area contributed by atoms with Crippen LogP contribution in [0.1, 0.15) is 52.4 Å². The molecule has 11 heteroatoms. The molecule has 0 aliphatic carbocycles. The highest BCUT2D eigenvalue weighted by molar-refractivity contribution is 6.31. The number of benzene rings is 2. The summed E-state index contributed by atoms with van der Waals surface area (Å²) in [5.41, 5.74) is 4.60. The fourth-order valence-corrected chi connectivity index (χ4v) is 5.40. The number of fused-ring (bicyclic) bond motifs is 1. The first-order chi connectivity index (χ1) is 18.7. The quantitative estimate of drug-likeness (QED) is 0.470. The van der Waals surface area contributed by atoms with Crippen LogP contribution in [0.5, 0.6) is 0 Å². The van der Waals surface area contributed by atoms with Crippen molar-refractivity contribution in [2.45, 2.75) is 58.5 Å². The van der Waals surface area contributed by atoms with E-state index in [4.69, 9.17) is 21.1 Å². The van der Waals surface area contributed by atoms with E-state index in [1.807, 2.05) is 32.0 Å². The van der Waals surface area contributed by atoms with Crippen molar-refractivity contribution in [3.05, 3.63) is 63.2 Å². The second kappa shape index (κ2) is 11.3. The molecule has 5 rings (SSSR count). The van der Waals surface area contributed by atoms with Gasteiger partial charge in [-0.2, -0.15) is 0 Å². The molecule has 2 aromatic carbocycles. The average molecular weight is 555 g/mol. The van der Waals surface area contributed by atoms with Crippen LogP contribution in [0.25, 0.3) is 0 Å². The monoisotopic (exact) mass is 554 g/mol. The van der Waals surface area contributed by atoms with Gasteiger partial charge in [0.1, 0.15) is 6.04 Å². The summed E-state index contributed by atoms with van der Waals surface area (Å²) in [7, 11) is 0. The Kier molecular flexibility index (Phi) is 7.88. The summed E-state index contributed by atoms with van der Waals surface area (Å²) in [5.74, 6) is -0.816. The summed E-state index contributed by atoms with van der Waals surface area (Å²) in [5, 5.41) is 8.53. The number of hydrogen-bond donors (Lipinski definition) is 3. The van der Waals surface area contributed by atoms with Gasteiger partial charge in [0.05, 0.1) is 13.2 Å². The number of urea groups is 1. The third-order valence-electron chi connectivity index (χ3n) is 7.40. The number of carbonyl (C=O) groups is 4. The maximum atomic E-state index is 13.0. The summed E-state index contributed by atoms with van der Waals surface area (Å²) in [6, 6.07) is 7.97. The molecule has 0 bridgehead atoms. The molecule has 3 N–H and O–H groups in total. The highest BCUT2D eigenvalue weighted by Gasteiger charge is 2.39. The third kappa shape index (κ3) is 6.08. The summed E-state index contributed by atoms with van der Waals surface area (Å²) in [6.45, 7) is 5.54. The average Bonchev–Trinajstić information content (AvgIpc) is 3.22. The van der Waals surface area contributed by atoms with E-state index in [9.17, 15) is 19.2 Å².